The highest BCUT2D eigenvalue weighted by Gasteiger charge is 1.91. The summed E-state index contributed by atoms with van der Waals surface area (Å²) >= 11 is 0. The first-order chi connectivity index (χ1) is 5.30. The van der Waals surface area contributed by atoms with Gasteiger partial charge in [-0.1, -0.05) is 6.58 Å². The van der Waals surface area contributed by atoms with E-state index in [4.69, 9.17) is 0 Å². The molecule has 0 aromatic carbocycles. The number of rotatable bonds is 0. The fourth-order valence-corrected chi connectivity index (χ4v) is 0.735. The molecule has 0 unspecified atom stereocenters. The van der Waals surface area contributed by atoms with Gasteiger partial charge in [0.1, 0.15) is 0 Å². The van der Waals surface area contributed by atoms with Crippen molar-refractivity contribution < 1.29 is 0 Å². The Kier molecular flexibility index (Phi) is 2.66. The van der Waals surface area contributed by atoms with Crippen LogP contribution in [0.3, 0.4) is 0 Å². The smallest absolute Gasteiger partial charge is 0.0498 e. The minimum atomic E-state index is 0.773. The lowest BCUT2D eigenvalue weighted by atomic mass is 10.1. The molecular formula is C9H12N2. The largest absolute Gasteiger partial charge is 0.386 e. The van der Waals surface area contributed by atoms with Crippen LogP contribution in [0.5, 0.6) is 0 Å². The molecule has 0 radical (unpaired) electrons. The molecule has 58 valence electrons. The molecule has 0 saturated carbocycles. The van der Waals surface area contributed by atoms with Gasteiger partial charge in [-0.15, -0.1) is 0 Å². The van der Waals surface area contributed by atoms with Crippen LogP contribution in [-0.2, 0) is 0 Å². The molecule has 1 N–H and O–H groups in total. The molecule has 2 heteroatoms. The van der Waals surface area contributed by atoms with E-state index in [1.807, 2.05) is 25.4 Å². The summed E-state index contributed by atoms with van der Waals surface area (Å²) < 4.78 is 0. The number of hydrogen-bond acceptors (Lipinski definition) is 2. The Morgan fingerprint density at radius 1 is 1.64 bits per heavy atom. The maximum atomic E-state index is 4.01. The third kappa shape index (κ3) is 2.42. The molecule has 2 nitrogen and oxygen atoms in total. The SMILES string of the molecule is C=C1/C=C\N=CCN/C=C\1C. The van der Waals surface area contributed by atoms with Crippen molar-refractivity contribution in [1.82, 2.24) is 5.32 Å². The van der Waals surface area contributed by atoms with E-state index >= 15 is 0 Å². The maximum absolute atomic E-state index is 4.01. The highest BCUT2D eigenvalue weighted by atomic mass is 14.8. The summed E-state index contributed by atoms with van der Waals surface area (Å²) in [6.45, 7) is 6.66. The standard InChI is InChI=1S/C9H12N2/c1-8-3-4-10-5-6-11-7-9(8)2/h3-5,7,11H,1,6H2,2H3/b4-3-,9-7-,10-5?. The normalized spacial score (nSPS) is 25.5. The predicted octanol–water partition coefficient (Wildman–Crippen LogP) is 1.63. The van der Waals surface area contributed by atoms with E-state index in [2.05, 4.69) is 16.9 Å². The lowest BCUT2D eigenvalue weighted by Gasteiger charge is -1.98. The third-order valence-electron chi connectivity index (χ3n) is 1.50. The number of aliphatic imine (C=N–C) groups is 1. The Labute approximate surface area is 67.0 Å². The van der Waals surface area contributed by atoms with Gasteiger partial charge in [0.2, 0.25) is 0 Å². The van der Waals surface area contributed by atoms with Crippen molar-refractivity contribution in [2.45, 2.75) is 6.92 Å². The zero-order valence-electron chi connectivity index (χ0n) is 6.67. The van der Waals surface area contributed by atoms with Crippen LogP contribution in [0.2, 0.25) is 0 Å². The number of hydrogen-bond donors (Lipinski definition) is 1. The van der Waals surface area contributed by atoms with Crippen LogP contribution in [0.15, 0.2) is 41.2 Å². The summed E-state index contributed by atoms with van der Waals surface area (Å²) in [5, 5.41) is 3.10. The number of nitrogens with one attached hydrogen (secondary N) is 1. The van der Waals surface area contributed by atoms with E-state index in [0.29, 0.717) is 0 Å². The Morgan fingerprint density at radius 2 is 2.45 bits per heavy atom. The first kappa shape index (κ1) is 7.79. The fourth-order valence-electron chi connectivity index (χ4n) is 0.735. The van der Waals surface area contributed by atoms with Gasteiger partial charge in [-0.25, -0.2) is 0 Å². The summed E-state index contributed by atoms with van der Waals surface area (Å²) in [6.07, 6.45) is 7.42. The van der Waals surface area contributed by atoms with Gasteiger partial charge in [0.05, 0.1) is 0 Å². The molecule has 0 saturated heterocycles. The van der Waals surface area contributed by atoms with E-state index in [1.54, 1.807) is 6.20 Å². The van der Waals surface area contributed by atoms with Gasteiger partial charge in [-0.2, -0.15) is 0 Å². The molecule has 1 aliphatic heterocycles. The fraction of sp³-hybridized carbons (Fsp3) is 0.222. The van der Waals surface area contributed by atoms with E-state index in [9.17, 15) is 0 Å². The highest BCUT2D eigenvalue weighted by Crippen LogP contribution is 2.06. The molecule has 1 rings (SSSR count). The van der Waals surface area contributed by atoms with Crippen molar-refractivity contribution in [3.05, 3.63) is 36.2 Å². The number of allylic oxidation sites excluding steroid dienone is 3. The Morgan fingerprint density at radius 3 is 3.27 bits per heavy atom. The minimum Gasteiger partial charge on any atom is -0.386 e. The molecule has 11 heavy (non-hydrogen) atoms. The first-order valence-corrected chi connectivity index (χ1v) is 3.58. The molecule has 0 fully saturated rings. The predicted molar refractivity (Wildman–Crippen MR) is 48.5 cm³/mol. The zero-order chi connectivity index (χ0) is 8.10. The van der Waals surface area contributed by atoms with E-state index in [0.717, 1.165) is 17.7 Å². The van der Waals surface area contributed by atoms with Crippen molar-refractivity contribution in [3.8, 4) is 0 Å². The zero-order valence-corrected chi connectivity index (χ0v) is 6.67. The van der Waals surface area contributed by atoms with Gasteiger partial charge in [-0.3, -0.25) is 4.99 Å². The van der Waals surface area contributed by atoms with Crippen molar-refractivity contribution in [1.29, 1.82) is 0 Å². The topological polar surface area (TPSA) is 24.4 Å². The van der Waals surface area contributed by atoms with Crippen LogP contribution in [0, 0.1) is 0 Å². The summed E-state index contributed by atoms with van der Waals surface area (Å²) in [5.74, 6) is 0. The molecule has 0 atom stereocenters. The average molecular weight is 148 g/mol. The summed E-state index contributed by atoms with van der Waals surface area (Å²) in [5.41, 5.74) is 2.14. The van der Waals surface area contributed by atoms with Gasteiger partial charge < -0.3 is 5.32 Å². The van der Waals surface area contributed by atoms with E-state index < -0.39 is 0 Å². The van der Waals surface area contributed by atoms with Crippen LogP contribution in [0.4, 0.5) is 0 Å². The minimum absolute atomic E-state index is 0.773. The summed E-state index contributed by atoms with van der Waals surface area (Å²) in [4.78, 5) is 4.01. The lowest BCUT2D eigenvalue weighted by Crippen LogP contribution is -2.08. The van der Waals surface area contributed by atoms with Crippen molar-refractivity contribution >= 4 is 6.21 Å². The van der Waals surface area contributed by atoms with Crippen LogP contribution < -0.4 is 5.32 Å². The molecule has 0 aromatic rings. The molecule has 1 heterocycles. The highest BCUT2D eigenvalue weighted by molar-refractivity contribution is 5.61. The molecular weight excluding hydrogens is 136 g/mol. The lowest BCUT2D eigenvalue weighted by molar-refractivity contribution is 1.02. The second kappa shape index (κ2) is 3.76. The first-order valence-electron chi connectivity index (χ1n) is 3.58. The van der Waals surface area contributed by atoms with Gasteiger partial charge in [0.15, 0.2) is 0 Å². The van der Waals surface area contributed by atoms with E-state index in [1.165, 1.54) is 0 Å². The number of nitrogens with zero attached hydrogens (tertiary/aromatic N) is 1. The Bertz CT molecular complexity index is 234. The van der Waals surface area contributed by atoms with Crippen LogP contribution in [0.1, 0.15) is 6.92 Å². The quantitative estimate of drug-likeness (QED) is 0.554. The summed E-state index contributed by atoms with van der Waals surface area (Å²) in [7, 11) is 0. The second-order valence-electron chi connectivity index (χ2n) is 2.41. The molecule has 1 aliphatic rings. The van der Waals surface area contributed by atoms with E-state index in [-0.39, 0.29) is 0 Å². The van der Waals surface area contributed by atoms with Crippen molar-refractivity contribution in [2.75, 3.05) is 6.54 Å². The monoisotopic (exact) mass is 148 g/mol. The van der Waals surface area contributed by atoms with Gasteiger partial charge in [-0.05, 0) is 24.1 Å². The van der Waals surface area contributed by atoms with Crippen molar-refractivity contribution in [2.24, 2.45) is 4.99 Å². The van der Waals surface area contributed by atoms with Crippen LogP contribution in [-0.4, -0.2) is 12.8 Å². The molecule has 0 spiro atoms. The van der Waals surface area contributed by atoms with Gasteiger partial charge in [0.25, 0.3) is 0 Å². The Balaban J connectivity index is 2.77. The summed E-state index contributed by atoms with van der Waals surface area (Å²) in [6, 6.07) is 0. The molecule has 0 aliphatic carbocycles. The second-order valence-corrected chi connectivity index (χ2v) is 2.41. The average Bonchev–Trinajstić information content (AvgIpc) is 2.07. The molecule has 0 aromatic heterocycles. The van der Waals surface area contributed by atoms with Crippen molar-refractivity contribution in [3.63, 3.8) is 0 Å². The molecule has 0 bridgehead atoms. The van der Waals surface area contributed by atoms with Gasteiger partial charge >= 0.3 is 0 Å². The van der Waals surface area contributed by atoms with Crippen LogP contribution >= 0.6 is 0 Å². The maximum Gasteiger partial charge on any atom is 0.0498 e. The third-order valence-corrected chi connectivity index (χ3v) is 1.50. The van der Waals surface area contributed by atoms with Gasteiger partial charge in [0, 0.05) is 25.2 Å². The van der Waals surface area contributed by atoms with Crippen LogP contribution in [0.25, 0.3) is 0 Å². The molecule has 0 amide bonds. The Hall–Kier alpha value is -1.31.